The average molecular weight is 395 g/mol. The van der Waals surface area contributed by atoms with E-state index in [0.29, 0.717) is 31.1 Å². The largest absolute Gasteiger partial charge is 0.342 e. The number of halogens is 1. The van der Waals surface area contributed by atoms with Crippen LogP contribution in [0, 0.1) is 12.7 Å². The van der Waals surface area contributed by atoms with E-state index in [1.165, 1.54) is 18.5 Å². The maximum atomic E-state index is 13.0. The molecule has 1 atom stereocenters. The predicted molar refractivity (Wildman–Crippen MR) is 103 cm³/mol. The lowest BCUT2D eigenvalue weighted by atomic mass is 9.91. The van der Waals surface area contributed by atoms with Gasteiger partial charge in [0.1, 0.15) is 12.1 Å². The topological polar surface area (TPSA) is 85.0 Å². The number of nitrogens with zero attached hydrogens (tertiary/aromatic N) is 5. The number of hydrogen-bond donors (Lipinski definition) is 0. The molecular formula is C21H22FN5O2. The van der Waals surface area contributed by atoms with Gasteiger partial charge in [0, 0.05) is 38.5 Å². The first-order valence-electron chi connectivity index (χ1n) is 9.73. The molecule has 1 amide bonds. The van der Waals surface area contributed by atoms with E-state index in [-0.39, 0.29) is 17.6 Å². The third kappa shape index (κ3) is 4.47. The molecule has 0 saturated carbocycles. The number of hydrogen-bond acceptors (Lipinski definition) is 6. The summed E-state index contributed by atoms with van der Waals surface area (Å²) in [5, 5.41) is 3.99. The first-order chi connectivity index (χ1) is 14.1. The fourth-order valence-corrected chi connectivity index (χ4v) is 3.73. The van der Waals surface area contributed by atoms with Crippen LogP contribution in [0.1, 0.15) is 42.3 Å². The van der Waals surface area contributed by atoms with Gasteiger partial charge in [0.05, 0.1) is 11.3 Å². The number of amides is 1. The van der Waals surface area contributed by atoms with Gasteiger partial charge in [0.25, 0.3) is 0 Å². The van der Waals surface area contributed by atoms with E-state index in [1.54, 1.807) is 25.3 Å². The zero-order chi connectivity index (χ0) is 20.2. The quantitative estimate of drug-likeness (QED) is 0.659. The van der Waals surface area contributed by atoms with Crippen molar-refractivity contribution < 1.29 is 13.7 Å². The zero-order valence-corrected chi connectivity index (χ0v) is 16.2. The monoisotopic (exact) mass is 395 g/mol. The number of benzene rings is 1. The Morgan fingerprint density at radius 2 is 2.14 bits per heavy atom. The van der Waals surface area contributed by atoms with Crippen molar-refractivity contribution in [2.75, 3.05) is 13.1 Å². The van der Waals surface area contributed by atoms with Crippen molar-refractivity contribution in [1.82, 2.24) is 25.0 Å². The summed E-state index contributed by atoms with van der Waals surface area (Å²) >= 11 is 0. The number of carbonyl (C=O) groups is 1. The van der Waals surface area contributed by atoms with Gasteiger partial charge in [0.2, 0.25) is 17.6 Å². The third-order valence-electron chi connectivity index (χ3n) is 5.21. The van der Waals surface area contributed by atoms with Crippen LogP contribution >= 0.6 is 0 Å². The van der Waals surface area contributed by atoms with E-state index in [1.807, 2.05) is 4.90 Å². The Kier molecular flexibility index (Phi) is 5.59. The smallest absolute Gasteiger partial charge is 0.223 e. The summed E-state index contributed by atoms with van der Waals surface area (Å²) in [4.78, 5) is 27.5. The maximum Gasteiger partial charge on any atom is 0.223 e. The molecule has 29 heavy (non-hydrogen) atoms. The first-order valence-corrected chi connectivity index (χ1v) is 9.73. The molecule has 7 nitrogen and oxygen atoms in total. The minimum atomic E-state index is -0.267. The van der Waals surface area contributed by atoms with Crippen LogP contribution in [0.3, 0.4) is 0 Å². The molecule has 0 spiro atoms. The van der Waals surface area contributed by atoms with Gasteiger partial charge in [-0.05, 0) is 37.0 Å². The summed E-state index contributed by atoms with van der Waals surface area (Å²) in [6.07, 6.45) is 6.05. The number of carbonyl (C=O) groups excluding carboxylic acids is 1. The minimum Gasteiger partial charge on any atom is -0.342 e. The second-order valence-corrected chi connectivity index (χ2v) is 7.26. The summed E-state index contributed by atoms with van der Waals surface area (Å²) < 4.78 is 18.1. The van der Waals surface area contributed by atoms with Gasteiger partial charge in [0.15, 0.2) is 0 Å². The molecule has 3 heterocycles. The van der Waals surface area contributed by atoms with Crippen LogP contribution < -0.4 is 0 Å². The van der Waals surface area contributed by atoms with Crippen molar-refractivity contribution in [3.05, 3.63) is 59.8 Å². The second kappa shape index (κ2) is 8.46. The molecule has 1 fully saturated rings. The van der Waals surface area contributed by atoms with Crippen molar-refractivity contribution in [2.24, 2.45) is 0 Å². The molecule has 0 bridgehead atoms. The lowest BCUT2D eigenvalue weighted by molar-refractivity contribution is -0.132. The van der Waals surface area contributed by atoms with Gasteiger partial charge in [-0.25, -0.2) is 14.4 Å². The predicted octanol–water partition coefficient (Wildman–Crippen LogP) is 3.31. The highest BCUT2D eigenvalue weighted by atomic mass is 19.1. The summed E-state index contributed by atoms with van der Waals surface area (Å²) in [6, 6.07) is 6.30. The van der Waals surface area contributed by atoms with Crippen LogP contribution in [0.5, 0.6) is 0 Å². The molecule has 0 radical (unpaired) electrons. The Morgan fingerprint density at radius 3 is 2.90 bits per heavy atom. The van der Waals surface area contributed by atoms with Crippen LogP contribution in [0.25, 0.3) is 11.4 Å². The molecule has 0 unspecified atom stereocenters. The fourth-order valence-electron chi connectivity index (χ4n) is 3.73. The number of piperidine rings is 1. The molecule has 0 N–H and O–H groups in total. The Bertz CT molecular complexity index is 989. The summed E-state index contributed by atoms with van der Waals surface area (Å²) in [5.41, 5.74) is 2.55. The van der Waals surface area contributed by atoms with Gasteiger partial charge < -0.3 is 9.42 Å². The van der Waals surface area contributed by atoms with Crippen LogP contribution in [0.15, 0.2) is 41.3 Å². The number of likely N-dealkylation sites (tertiary alicyclic amines) is 1. The van der Waals surface area contributed by atoms with E-state index in [2.05, 4.69) is 20.1 Å². The highest BCUT2D eigenvalue weighted by Crippen LogP contribution is 2.31. The first kappa shape index (κ1) is 19.2. The number of rotatable bonds is 5. The van der Waals surface area contributed by atoms with E-state index < -0.39 is 0 Å². The molecule has 150 valence electrons. The van der Waals surface area contributed by atoms with Crippen molar-refractivity contribution in [3.63, 3.8) is 0 Å². The highest BCUT2D eigenvalue weighted by Gasteiger charge is 2.28. The van der Waals surface area contributed by atoms with Gasteiger partial charge in [-0.2, -0.15) is 4.98 Å². The molecule has 1 saturated heterocycles. The Hall–Kier alpha value is -3.16. The standard InChI is InChI=1S/C21H22FN5O2/c1-14-25-21(26-29-14)18-11-23-13-24-20(18)16-3-2-10-27(12-16)19(28)9-6-15-4-7-17(22)8-5-15/h4-5,7-8,11,13,16H,2-3,6,9-10,12H2,1H3/t16-/m1/s1. The Balaban J connectivity index is 1.45. The molecule has 0 aliphatic carbocycles. The molecule has 2 aromatic heterocycles. The maximum absolute atomic E-state index is 13.0. The molecule has 1 aliphatic rings. The third-order valence-corrected chi connectivity index (χ3v) is 5.21. The van der Waals surface area contributed by atoms with Crippen molar-refractivity contribution in [3.8, 4) is 11.4 Å². The van der Waals surface area contributed by atoms with Crippen LogP contribution in [-0.2, 0) is 11.2 Å². The molecule has 1 aromatic carbocycles. The van der Waals surface area contributed by atoms with E-state index >= 15 is 0 Å². The molecule has 1 aliphatic heterocycles. The zero-order valence-electron chi connectivity index (χ0n) is 16.2. The molecule has 4 rings (SSSR count). The number of aryl methyl sites for hydroxylation is 2. The molecule has 3 aromatic rings. The molecular weight excluding hydrogens is 373 g/mol. The second-order valence-electron chi connectivity index (χ2n) is 7.26. The van der Waals surface area contributed by atoms with Crippen LogP contribution in [0.4, 0.5) is 4.39 Å². The summed E-state index contributed by atoms with van der Waals surface area (Å²) in [7, 11) is 0. The highest BCUT2D eigenvalue weighted by molar-refractivity contribution is 5.76. The van der Waals surface area contributed by atoms with Crippen molar-refractivity contribution in [1.29, 1.82) is 0 Å². The molecule has 8 heteroatoms. The summed E-state index contributed by atoms with van der Waals surface area (Å²) in [6.45, 7) is 3.08. The van der Waals surface area contributed by atoms with Gasteiger partial charge >= 0.3 is 0 Å². The van der Waals surface area contributed by atoms with E-state index in [0.717, 1.165) is 36.2 Å². The van der Waals surface area contributed by atoms with E-state index in [9.17, 15) is 9.18 Å². The Morgan fingerprint density at radius 1 is 1.31 bits per heavy atom. The number of aromatic nitrogens is 4. The lowest BCUT2D eigenvalue weighted by Crippen LogP contribution is -2.39. The Labute approximate surface area is 168 Å². The van der Waals surface area contributed by atoms with Crippen LogP contribution in [-0.4, -0.2) is 44.0 Å². The van der Waals surface area contributed by atoms with Gasteiger partial charge in [-0.1, -0.05) is 17.3 Å². The summed E-state index contributed by atoms with van der Waals surface area (Å²) in [5.74, 6) is 0.880. The lowest BCUT2D eigenvalue weighted by Gasteiger charge is -2.33. The minimum absolute atomic E-state index is 0.0929. The average Bonchev–Trinajstić information content (AvgIpc) is 3.19. The van der Waals surface area contributed by atoms with Crippen LogP contribution in [0.2, 0.25) is 0 Å². The van der Waals surface area contributed by atoms with Gasteiger partial charge in [-0.15, -0.1) is 0 Å². The fraction of sp³-hybridized carbons (Fsp3) is 0.381. The van der Waals surface area contributed by atoms with Crippen molar-refractivity contribution >= 4 is 5.91 Å². The normalized spacial score (nSPS) is 16.8. The SMILES string of the molecule is Cc1nc(-c2cncnc2[C@@H]2CCCN(C(=O)CCc3ccc(F)cc3)C2)no1. The van der Waals surface area contributed by atoms with E-state index in [4.69, 9.17) is 4.52 Å². The van der Waals surface area contributed by atoms with Gasteiger partial charge in [-0.3, -0.25) is 4.79 Å². The van der Waals surface area contributed by atoms with Crippen molar-refractivity contribution in [2.45, 2.75) is 38.5 Å².